The third kappa shape index (κ3) is 1.69. The van der Waals surface area contributed by atoms with Gasteiger partial charge >= 0.3 is 6.18 Å². The van der Waals surface area contributed by atoms with Gasteiger partial charge in [0.2, 0.25) is 0 Å². The van der Waals surface area contributed by atoms with Crippen LogP contribution < -0.4 is 0 Å². The number of alkyl halides is 3. The molecule has 0 aromatic heterocycles. The lowest BCUT2D eigenvalue weighted by atomic mass is 10.1. The van der Waals surface area contributed by atoms with Gasteiger partial charge in [0, 0.05) is 0 Å². The number of benzene rings is 1. The fourth-order valence-corrected chi connectivity index (χ4v) is 0.798. The molecule has 0 bridgehead atoms. The topological polar surface area (TPSA) is 23.8 Å². The Hall–Kier alpha value is -1.19. The van der Waals surface area contributed by atoms with Crippen molar-refractivity contribution in [3.63, 3.8) is 0 Å². The highest BCUT2D eigenvalue weighted by atomic mass is 19.4. The standard InChI is InChI=1S/C8H7F3N/c1-5-2-3-6(4-7(5)12)8(9,10)11/h2-4,12H,1H3/q-1. The maximum Gasteiger partial charge on any atom is 0.416 e. The molecule has 0 saturated heterocycles. The summed E-state index contributed by atoms with van der Waals surface area (Å²) in [5, 5.41) is 0. The smallest absolute Gasteiger partial charge is 0.416 e. The molecular formula is C8H7F3N-. The Bertz CT molecular complexity index is 291. The molecular weight excluding hydrogens is 167 g/mol. The lowest BCUT2D eigenvalue weighted by Crippen LogP contribution is -2.04. The monoisotopic (exact) mass is 174 g/mol. The fraction of sp³-hybridized carbons (Fsp3) is 0.250. The zero-order valence-electron chi connectivity index (χ0n) is 6.37. The van der Waals surface area contributed by atoms with E-state index in [1.807, 2.05) is 0 Å². The quantitative estimate of drug-likeness (QED) is 0.572. The van der Waals surface area contributed by atoms with Crippen molar-refractivity contribution in [2.24, 2.45) is 0 Å². The van der Waals surface area contributed by atoms with Gasteiger partial charge in [-0.1, -0.05) is 17.7 Å². The zero-order chi connectivity index (χ0) is 9.35. The minimum Gasteiger partial charge on any atom is -0.698 e. The number of hydrogen-bond acceptors (Lipinski definition) is 0. The molecule has 1 rings (SSSR count). The van der Waals surface area contributed by atoms with Gasteiger partial charge in [0.25, 0.3) is 0 Å². The average Bonchev–Trinajstić information content (AvgIpc) is 1.92. The molecule has 0 saturated carbocycles. The molecule has 0 atom stereocenters. The second-order valence-corrected chi connectivity index (χ2v) is 2.53. The first kappa shape index (κ1) is 8.90. The van der Waals surface area contributed by atoms with Gasteiger partial charge in [-0.05, 0) is 13.0 Å². The number of hydrogen-bond donors (Lipinski definition) is 0. The van der Waals surface area contributed by atoms with E-state index in [1.165, 1.54) is 6.07 Å². The van der Waals surface area contributed by atoms with Crippen LogP contribution in [0, 0.1) is 6.92 Å². The Morgan fingerprint density at radius 2 is 1.83 bits per heavy atom. The van der Waals surface area contributed by atoms with E-state index in [9.17, 15) is 13.2 Å². The molecule has 0 aliphatic rings. The first-order chi connectivity index (χ1) is 5.41. The lowest BCUT2D eigenvalue weighted by molar-refractivity contribution is -0.137. The highest BCUT2D eigenvalue weighted by Gasteiger charge is 2.29. The summed E-state index contributed by atoms with van der Waals surface area (Å²) < 4.78 is 36.0. The number of halogens is 3. The maximum absolute atomic E-state index is 12.0. The van der Waals surface area contributed by atoms with Crippen LogP contribution in [0.1, 0.15) is 11.1 Å². The van der Waals surface area contributed by atoms with Crippen LogP contribution in [-0.2, 0) is 6.18 Å². The van der Waals surface area contributed by atoms with Gasteiger partial charge in [-0.3, -0.25) is 0 Å². The highest BCUT2D eigenvalue weighted by Crippen LogP contribution is 2.32. The van der Waals surface area contributed by atoms with Crippen molar-refractivity contribution in [3.8, 4) is 0 Å². The first-order valence-electron chi connectivity index (χ1n) is 3.30. The SMILES string of the molecule is Cc1ccc(C(F)(F)F)cc1[NH-]. The van der Waals surface area contributed by atoms with Crippen molar-refractivity contribution in [3.05, 3.63) is 35.1 Å². The van der Waals surface area contributed by atoms with Crippen molar-refractivity contribution in [2.45, 2.75) is 13.1 Å². The van der Waals surface area contributed by atoms with Crippen molar-refractivity contribution in [1.29, 1.82) is 0 Å². The summed E-state index contributed by atoms with van der Waals surface area (Å²) in [6, 6.07) is 3.11. The molecule has 0 fully saturated rings. The number of rotatable bonds is 0. The van der Waals surface area contributed by atoms with Gasteiger partial charge in [0.15, 0.2) is 0 Å². The predicted octanol–water partition coefficient (Wildman–Crippen LogP) is 3.70. The Balaban J connectivity index is 3.14. The summed E-state index contributed by atoms with van der Waals surface area (Å²) in [7, 11) is 0. The second-order valence-electron chi connectivity index (χ2n) is 2.53. The van der Waals surface area contributed by atoms with Crippen LogP contribution in [0.2, 0.25) is 0 Å². The average molecular weight is 174 g/mol. The molecule has 1 aromatic rings. The molecule has 1 aromatic carbocycles. The van der Waals surface area contributed by atoms with Crippen molar-refractivity contribution < 1.29 is 13.2 Å². The second kappa shape index (κ2) is 2.69. The van der Waals surface area contributed by atoms with Crippen LogP contribution in [0.25, 0.3) is 5.73 Å². The Morgan fingerprint density at radius 3 is 2.25 bits per heavy atom. The third-order valence-corrected chi connectivity index (χ3v) is 1.56. The van der Waals surface area contributed by atoms with E-state index in [0.717, 1.165) is 12.1 Å². The molecule has 4 heteroatoms. The van der Waals surface area contributed by atoms with Crippen molar-refractivity contribution >= 4 is 5.69 Å². The minimum atomic E-state index is -4.34. The Labute approximate surface area is 68.0 Å². The minimum absolute atomic E-state index is 0.0789. The van der Waals surface area contributed by atoms with Crippen LogP contribution in [0.3, 0.4) is 0 Å². The molecule has 1 nitrogen and oxygen atoms in total. The molecule has 66 valence electrons. The van der Waals surface area contributed by atoms with Crippen molar-refractivity contribution in [2.75, 3.05) is 0 Å². The van der Waals surface area contributed by atoms with Gasteiger partial charge in [0.05, 0.1) is 5.56 Å². The zero-order valence-corrected chi connectivity index (χ0v) is 6.37. The largest absolute Gasteiger partial charge is 0.698 e. The van der Waals surface area contributed by atoms with E-state index >= 15 is 0 Å². The van der Waals surface area contributed by atoms with E-state index in [4.69, 9.17) is 5.73 Å². The van der Waals surface area contributed by atoms with E-state index < -0.39 is 11.7 Å². The summed E-state index contributed by atoms with van der Waals surface area (Å²) in [5.74, 6) is 0. The molecule has 0 radical (unpaired) electrons. The van der Waals surface area contributed by atoms with Crippen LogP contribution in [0.5, 0.6) is 0 Å². The van der Waals surface area contributed by atoms with Gasteiger partial charge in [-0.15, -0.1) is 5.69 Å². The van der Waals surface area contributed by atoms with Gasteiger partial charge in [-0.2, -0.15) is 13.2 Å². The highest BCUT2D eigenvalue weighted by molar-refractivity contribution is 5.52. The van der Waals surface area contributed by atoms with Crippen LogP contribution >= 0.6 is 0 Å². The molecule has 0 spiro atoms. The normalized spacial score (nSPS) is 11.7. The van der Waals surface area contributed by atoms with Crippen molar-refractivity contribution in [1.82, 2.24) is 0 Å². The summed E-state index contributed by atoms with van der Waals surface area (Å²) in [5.41, 5.74) is 6.84. The molecule has 0 heterocycles. The summed E-state index contributed by atoms with van der Waals surface area (Å²) in [4.78, 5) is 0. The molecule has 0 aliphatic heterocycles. The molecule has 12 heavy (non-hydrogen) atoms. The molecule has 0 aliphatic carbocycles. The molecule has 0 unspecified atom stereocenters. The first-order valence-corrected chi connectivity index (χ1v) is 3.30. The fourth-order valence-electron chi connectivity index (χ4n) is 0.798. The van der Waals surface area contributed by atoms with E-state index in [2.05, 4.69) is 0 Å². The Kier molecular flexibility index (Phi) is 2.00. The lowest BCUT2D eigenvalue weighted by Gasteiger charge is -2.12. The van der Waals surface area contributed by atoms with Gasteiger partial charge in [-0.25, -0.2) is 0 Å². The predicted molar refractivity (Wildman–Crippen MR) is 40.2 cm³/mol. The van der Waals surface area contributed by atoms with E-state index in [0.29, 0.717) is 5.56 Å². The van der Waals surface area contributed by atoms with Crippen LogP contribution in [0.15, 0.2) is 18.2 Å². The summed E-state index contributed by atoms with van der Waals surface area (Å²) in [6.45, 7) is 1.60. The van der Waals surface area contributed by atoms with Gasteiger partial charge in [0.1, 0.15) is 0 Å². The maximum atomic E-state index is 12.0. The number of aryl methyl sites for hydroxylation is 1. The van der Waals surface area contributed by atoms with E-state index in [-0.39, 0.29) is 5.69 Å². The summed E-state index contributed by atoms with van der Waals surface area (Å²) in [6.07, 6.45) is -4.34. The summed E-state index contributed by atoms with van der Waals surface area (Å²) >= 11 is 0. The Morgan fingerprint density at radius 1 is 1.25 bits per heavy atom. The molecule has 0 amide bonds. The number of nitrogens with one attached hydrogen (secondary N) is 1. The molecule has 1 N–H and O–H groups in total. The van der Waals surface area contributed by atoms with Gasteiger partial charge < -0.3 is 5.73 Å². The van der Waals surface area contributed by atoms with Crippen LogP contribution in [0.4, 0.5) is 18.9 Å². The third-order valence-electron chi connectivity index (χ3n) is 1.56. The van der Waals surface area contributed by atoms with Crippen LogP contribution in [-0.4, -0.2) is 0 Å². The van der Waals surface area contributed by atoms with E-state index in [1.54, 1.807) is 6.92 Å².